The van der Waals surface area contributed by atoms with Crippen molar-refractivity contribution in [3.8, 4) is 28.8 Å². The van der Waals surface area contributed by atoms with Crippen molar-refractivity contribution in [3.63, 3.8) is 0 Å². The minimum atomic E-state index is -0.522. The van der Waals surface area contributed by atoms with Crippen LogP contribution < -0.4 is 10.2 Å². The summed E-state index contributed by atoms with van der Waals surface area (Å²) in [6, 6.07) is 3.81. The number of halogens is 2. The zero-order valence-corrected chi connectivity index (χ0v) is 22.4. The molecular formula is C30H30ClFN6O. The molecule has 8 rings (SSSR count). The van der Waals surface area contributed by atoms with E-state index in [2.05, 4.69) is 31.9 Å². The topological polar surface area (TPSA) is 77.4 Å². The molecule has 9 heteroatoms. The standard InChI is InChI=1S/C30H30ClFN6O/c31-23-13-20(39)12-21(25(23)17-3-4-17)27-26(32)28-22(15-34-27)29(38-16-18-11-19(38)14-33-18)36-24(35-28)5-8-30-6-1-9-37(30)10-2-7-30/h12-13,15,17-19,33,39H,1-4,6-7,9-11,14,16H2/t18-,19-/m1/s1. The molecule has 0 unspecified atom stereocenters. The molecular weight excluding hydrogens is 515 g/mol. The monoisotopic (exact) mass is 544 g/mol. The summed E-state index contributed by atoms with van der Waals surface area (Å²) < 4.78 is 16.5. The molecule has 0 radical (unpaired) electrons. The number of rotatable bonds is 3. The van der Waals surface area contributed by atoms with Gasteiger partial charge in [-0.25, -0.2) is 14.4 Å². The van der Waals surface area contributed by atoms with Gasteiger partial charge in [0.15, 0.2) is 5.82 Å². The van der Waals surface area contributed by atoms with Crippen molar-refractivity contribution in [1.29, 1.82) is 0 Å². The molecule has 4 aliphatic heterocycles. The van der Waals surface area contributed by atoms with E-state index in [-0.39, 0.29) is 28.4 Å². The maximum absolute atomic E-state index is 16.5. The van der Waals surface area contributed by atoms with Gasteiger partial charge in [-0.2, -0.15) is 0 Å². The molecule has 5 aliphatic rings. The van der Waals surface area contributed by atoms with E-state index in [1.54, 1.807) is 12.3 Å². The second kappa shape index (κ2) is 8.76. The molecule has 0 spiro atoms. The van der Waals surface area contributed by atoms with Gasteiger partial charge in [-0.05, 0) is 87.6 Å². The number of phenolic OH excluding ortho intramolecular Hbond substituents is 1. The number of pyridine rings is 1. The smallest absolute Gasteiger partial charge is 0.207 e. The zero-order valence-electron chi connectivity index (χ0n) is 21.7. The third-order valence-corrected chi connectivity index (χ3v) is 9.71. The second-order valence-electron chi connectivity index (χ2n) is 11.8. The lowest BCUT2D eigenvalue weighted by Crippen LogP contribution is -2.44. The number of nitrogens with zero attached hydrogens (tertiary/aromatic N) is 5. The number of hydrogen-bond donors (Lipinski definition) is 2. The Bertz CT molecular complexity index is 1570. The van der Waals surface area contributed by atoms with E-state index in [0.29, 0.717) is 39.7 Å². The Kier molecular flexibility index (Phi) is 5.36. The van der Waals surface area contributed by atoms with Gasteiger partial charge in [0.25, 0.3) is 0 Å². The van der Waals surface area contributed by atoms with Gasteiger partial charge in [0.1, 0.15) is 22.8 Å². The van der Waals surface area contributed by atoms with Crippen molar-refractivity contribution in [2.75, 3.05) is 31.1 Å². The number of aromatic hydroxyl groups is 1. The summed E-state index contributed by atoms with van der Waals surface area (Å²) in [5.74, 6) is 7.61. The average molecular weight is 545 g/mol. The summed E-state index contributed by atoms with van der Waals surface area (Å²) in [6.45, 7) is 3.87. The predicted octanol–water partition coefficient (Wildman–Crippen LogP) is 4.60. The minimum Gasteiger partial charge on any atom is -0.508 e. The Balaban J connectivity index is 1.30. The van der Waals surface area contributed by atoms with Crippen LogP contribution in [0, 0.1) is 17.7 Å². The summed E-state index contributed by atoms with van der Waals surface area (Å²) in [5, 5.41) is 14.9. The minimum absolute atomic E-state index is 0.00633. The Labute approximate surface area is 231 Å². The average Bonchev–Trinajstić information content (AvgIpc) is 3.23. The number of phenols is 1. The second-order valence-corrected chi connectivity index (χ2v) is 12.2. The van der Waals surface area contributed by atoms with Crippen LogP contribution in [0.2, 0.25) is 5.02 Å². The van der Waals surface area contributed by atoms with Gasteiger partial charge in [0.2, 0.25) is 5.82 Å². The first-order chi connectivity index (χ1) is 19.0. The lowest BCUT2D eigenvalue weighted by molar-refractivity contribution is 0.261. The van der Waals surface area contributed by atoms with Crippen molar-refractivity contribution in [2.45, 2.75) is 68.5 Å². The van der Waals surface area contributed by atoms with Crippen LogP contribution in [0.4, 0.5) is 10.2 Å². The van der Waals surface area contributed by atoms with Gasteiger partial charge in [-0.15, -0.1) is 0 Å². The highest BCUT2D eigenvalue weighted by molar-refractivity contribution is 6.32. The van der Waals surface area contributed by atoms with E-state index < -0.39 is 5.82 Å². The van der Waals surface area contributed by atoms with Gasteiger partial charge in [0, 0.05) is 42.0 Å². The Morgan fingerprint density at radius 2 is 1.97 bits per heavy atom. The van der Waals surface area contributed by atoms with Crippen LogP contribution in [0.3, 0.4) is 0 Å². The molecule has 4 saturated heterocycles. The van der Waals surface area contributed by atoms with Crippen LogP contribution in [0.15, 0.2) is 18.3 Å². The van der Waals surface area contributed by atoms with Gasteiger partial charge in [-0.3, -0.25) is 9.88 Å². The van der Waals surface area contributed by atoms with Crippen molar-refractivity contribution >= 4 is 28.3 Å². The van der Waals surface area contributed by atoms with Crippen molar-refractivity contribution in [1.82, 2.24) is 25.2 Å². The number of aromatic nitrogens is 3. The van der Waals surface area contributed by atoms with E-state index >= 15 is 4.39 Å². The number of nitrogens with one attached hydrogen (secondary N) is 1. The summed E-state index contributed by atoms with van der Waals surface area (Å²) in [7, 11) is 0. The van der Waals surface area contributed by atoms with E-state index in [1.165, 1.54) is 6.07 Å². The molecule has 5 fully saturated rings. The quantitative estimate of drug-likeness (QED) is 0.467. The van der Waals surface area contributed by atoms with Crippen LogP contribution in [-0.2, 0) is 0 Å². The lowest BCUT2D eigenvalue weighted by atomic mass is 9.95. The molecule has 0 amide bonds. The van der Waals surface area contributed by atoms with Gasteiger partial charge < -0.3 is 15.3 Å². The Hall–Kier alpha value is -2.99. The first-order valence-electron chi connectivity index (χ1n) is 14.2. The van der Waals surface area contributed by atoms with E-state index in [1.807, 2.05) is 0 Å². The Morgan fingerprint density at radius 3 is 2.69 bits per heavy atom. The number of anilines is 1. The molecule has 1 saturated carbocycles. The molecule has 39 heavy (non-hydrogen) atoms. The lowest BCUT2D eigenvalue weighted by Gasteiger charge is -2.29. The number of piperazine rings is 1. The fourth-order valence-corrected chi connectivity index (χ4v) is 7.76. The first kappa shape index (κ1) is 23.9. The fourth-order valence-electron chi connectivity index (χ4n) is 7.39. The number of benzene rings is 1. The number of fused-ring (bicyclic) bond motifs is 4. The maximum Gasteiger partial charge on any atom is 0.207 e. The van der Waals surface area contributed by atoms with Gasteiger partial charge in [-0.1, -0.05) is 17.5 Å². The molecule has 200 valence electrons. The van der Waals surface area contributed by atoms with Crippen molar-refractivity contribution < 1.29 is 9.50 Å². The van der Waals surface area contributed by atoms with E-state index in [9.17, 15) is 5.11 Å². The maximum atomic E-state index is 16.5. The molecule has 3 aromatic rings. The van der Waals surface area contributed by atoms with Crippen molar-refractivity contribution in [3.05, 3.63) is 40.6 Å². The Morgan fingerprint density at radius 1 is 1.15 bits per heavy atom. The summed E-state index contributed by atoms with van der Waals surface area (Å²) in [6.07, 6.45) is 9.14. The fraction of sp³-hybridized carbons (Fsp3) is 0.500. The largest absolute Gasteiger partial charge is 0.508 e. The van der Waals surface area contributed by atoms with Gasteiger partial charge >= 0.3 is 0 Å². The molecule has 2 bridgehead atoms. The molecule has 1 aromatic carbocycles. The summed E-state index contributed by atoms with van der Waals surface area (Å²) >= 11 is 6.54. The summed E-state index contributed by atoms with van der Waals surface area (Å²) in [4.78, 5) is 19.0. The molecule has 2 aromatic heterocycles. The first-order valence-corrected chi connectivity index (χ1v) is 14.5. The van der Waals surface area contributed by atoms with Crippen LogP contribution in [0.25, 0.3) is 22.2 Å². The van der Waals surface area contributed by atoms with Crippen LogP contribution in [-0.4, -0.2) is 68.8 Å². The normalized spacial score (nSPS) is 25.3. The van der Waals surface area contributed by atoms with Crippen LogP contribution in [0.1, 0.15) is 62.3 Å². The highest BCUT2D eigenvalue weighted by Gasteiger charge is 2.43. The molecule has 6 heterocycles. The van der Waals surface area contributed by atoms with Crippen molar-refractivity contribution in [2.24, 2.45) is 0 Å². The molecule has 1 aliphatic carbocycles. The third-order valence-electron chi connectivity index (χ3n) is 9.40. The summed E-state index contributed by atoms with van der Waals surface area (Å²) in [5.41, 5.74) is 1.66. The van der Waals surface area contributed by atoms with Gasteiger partial charge in [0.05, 0.1) is 10.9 Å². The van der Waals surface area contributed by atoms with Crippen LogP contribution in [0.5, 0.6) is 5.75 Å². The highest BCUT2D eigenvalue weighted by atomic mass is 35.5. The molecule has 2 N–H and O–H groups in total. The third kappa shape index (κ3) is 3.81. The van der Waals surface area contributed by atoms with E-state index in [4.69, 9.17) is 21.6 Å². The molecule has 7 nitrogen and oxygen atoms in total. The molecule has 2 atom stereocenters. The SMILES string of the molecule is Oc1cc(Cl)c(C2CC2)c(-c2ncc3c(N4C[C@H]5C[C@@H]4CN5)nc(C#CC45CCCN4CCC5)nc3c2F)c1. The van der Waals surface area contributed by atoms with E-state index in [0.717, 1.165) is 76.7 Å². The van der Waals surface area contributed by atoms with Crippen LogP contribution >= 0.6 is 11.6 Å². The predicted molar refractivity (Wildman–Crippen MR) is 149 cm³/mol. The zero-order chi connectivity index (χ0) is 26.3. The highest BCUT2D eigenvalue weighted by Crippen LogP contribution is 2.49. The number of hydrogen-bond acceptors (Lipinski definition) is 7.